The number of halogens is 3. The lowest BCUT2D eigenvalue weighted by Gasteiger charge is -2.36. The molecule has 5 nitrogen and oxygen atoms in total. The van der Waals surface area contributed by atoms with Crippen molar-refractivity contribution in [2.75, 3.05) is 28.2 Å². The number of amides is 2. The highest BCUT2D eigenvalue weighted by atomic mass is 19.4. The molecule has 154 valence electrons. The Bertz CT molecular complexity index is 1040. The molecule has 3 aromatic rings. The summed E-state index contributed by atoms with van der Waals surface area (Å²) in [4.78, 5) is 20.8. The van der Waals surface area contributed by atoms with E-state index < -0.39 is 17.8 Å². The highest BCUT2D eigenvalue weighted by molar-refractivity contribution is 6.04. The number of carbonyl (C=O) groups excluding carboxylic acids is 1. The van der Waals surface area contributed by atoms with E-state index in [0.29, 0.717) is 31.1 Å². The molecule has 0 aliphatic carbocycles. The number of aromatic nitrogens is 1. The fourth-order valence-corrected chi connectivity index (χ4v) is 3.48. The molecule has 1 N–H and O–H groups in total. The first-order valence-electron chi connectivity index (χ1n) is 9.42. The minimum absolute atomic E-state index is 0.271. The minimum atomic E-state index is -4.56. The van der Waals surface area contributed by atoms with Gasteiger partial charge in [-0.1, -0.05) is 42.5 Å². The Morgan fingerprint density at radius 3 is 2.47 bits per heavy atom. The fourth-order valence-electron chi connectivity index (χ4n) is 3.48. The van der Waals surface area contributed by atoms with Gasteiger partial charge in [0.1, 0.15) is 0 Å². The summed E-state index contributed by atoms with van der Waals surface area (Å²) in [5.41, 5.74) is 0.507. The van der Waals surface area contributed by atoms with Crippen LogP contribution in [0.1, 0.15) is 11.1 Å². The molecule has 2 heterocycles. The van der Waals surface area contributed by atoms with E-state index in [9.17, 15) is 18.0 Å². The van der Waals surface area contributed by atoms with Crippen LogP contribution in [0.25, 0.3) is 0 Å². The van der Waals surface area contributed by atoms with Crippen molar-refractivity contribution in [2.24, 2.45) is 0 Å². The van der Waals surface area contributed by atoms with Crippen molar-refractivity contribution in [3.63, 3.8) is 0 Å². The number of pyridine rings is 1. The summed E-state index contributed by atoms with van der Waals surface area (Å²) in [6, 6.07) is 17.6. The van der Waals surface area contributed by atoms with Crippen molar-refractivity contribution < 1.29 is 18.0 Å². The third-order valence-corrected chi connectivity index (χ3v) is 4.89. The summed E-state index contributed by atoms with van der Waals surface area (Å²) in [5.74, 6) is 0.617. The average molecular weight is 412 g/mol. The van der Waals surface area contributed by atoms with Gasteiger partial charge in [-0.15, -0.1) is 0 Å². The number of nitrogens with zero attached hydrogens (tertiary/aromatic N) is 3. The number of hydrogen-bond donors (Lipinski definition) is 1. The maximum atomic E-state index is 13.3. The molecule has 2 amide bonds. The van der Waals surface area contributed by atoms with Crippen molar-refractivity contribution in [2.45, 2.75) is 12.7 Å². The smallest absolute Gasteiger partial charge is 0.349 e. The third-order valence-electron chi connectivity index (χ3n) is 4.89. The molecule has 0 saturated carbocycles. The van der Waals surface area contributed by atoms with E-state index in [2.05, 4.69) is 15.2 Å². The van der Waals surface area contributed by atoms with E-state index in [4.69, 9.17) is 0 Å². The van der Waals surface area contributed by atoms with Crippen LogP contribution in [-0.2, 0) is 12.7 Å². The van der Waals surface area contributed by atoms with Crippen LogP contribution in [0.4, 0.5) is 35.2 Å². The normalized spacial score (nSPS) is 13.7. The maximum absolute atomic E-state index is 13.3. The SMILES string of the molecule is O=C(Nc1ccccc1C(F)(F)F)N1CCN(Cc2ccccc2)c2ncccc21. The molecule has 0 spiro atoms. The molecular weight excluding hydrogens is 393 g/mol. The van der Waals surface area contributed by atoms with Crippen LogP contribution in [-0.4, -0.2) is 24.1 Å². The fraction of sp³-hybridized carbons (Fsp3) is 0.182. The van der Waals surface area contributed by atoms with Gasteiger partial charge in [0.15, 0.2) is 5.82 Å². The summed E-state index contributed by atoms with van der Waals surface area (Å²) >= 11 is 0. The summed E-state index contributed by atoms with van der Waals surface area (Å²) in [6.45, 7) is 1.45. The van der Waals surface area contributed by atoms with E-state index in [1.165, 1.54) is 23.1 Å². The van der Waals surface area contributed by atoms with Gasteiger partial charge in [0.05, 0.1) is 16.9 Å². The number of benzene rings is 2. The van der Waals surface area contributed by atoms with Crippen molar-refractivity contribution in [1.29, 1.82) is 0 Å². The molecule has 0 saturated heterocycles. The molecular formula is C22H19F3N4O. The quantitative estimate of drug-likeness (QED) is 0.647. The molecule has 2 aromatic carbocycles. The van der Waals surface area contributed by atoms with Gasteiger partial charge in [-0.05, 0) is 29.8 Å². The first-order valence-corrected chi connectivity index (χ1v) is 9.42. The summed E-state index contributed by atoms with van der Waals surface area (Å²) in [5, 5.41) is 2.41. The minimum Gasteiger partial charge on any atom is -0.349 e. The highest BCUT2D eigenvalue weighted by Crippen LogP contribution is 2.36. The van der Waals surface area contributed by atoms with E-state index in [1.807, 2.05) is 30.3 Å². The van der Waals surface area contributed by atoms with Crippen LogP contribution in [0, 0.1) is 0 Å². The molecule has 30 heavy (non-hydrogen) atoms. The second kappa shape index (κ2) is 8.06. The Labute approximate surface area is 171 Å². The van der Waals surface area contributed by atoms with Gasteiger partial charge in [0.2, 0.25) is 0 Å². The molecule has 0 unspecified atom stereocenters. The molecule has 1 aromatic heterocycles. The van der Waals surface area contributed by atoms with Crippen LogP contribution in [0.3, 0.4) is 0 Å². The molecule has 0 atom stereocenters. The van der Waals surface area contributed by atoms with Gasteiger partial charge in [-0.25, -0.2) is 9.78 Å². The summed E-state index contributed by atoms with van der Waals surface area (Å²) in [7, 11) is 0. The molecule has 8 heteroatoms. The monoisotopic (exact) mass is 412 g/mol. The van der Waals surface area contributed by atoms with Gasteiger partial charge < -0.3 is 10.2 Å². The Balaban J connectivity index is 1.58. The Hall–Kier alpha value is -3.55. The van der Waals surface area contributed by atoms with Gasteiger partial charge in [0, 0.05) is 25.8 Å². The van der Waals surface area contributed by atoms with Crippen LogP contribution >= 0.6 is 0 Å². The van der Waals surface area contributed by atoms with Crippen molar-refractivity contribution >= 4 is 23.2 Å². The zero-order chi connectivity index (χ0) is 21.1. The number of alkyl halides is 3. The number of rotatable bonds is 3. The first-order chi connectivity index (χ1) is 14.4. The van der Waals surface area contributed by atoms with E-state index in [1.54, 1.807) is 18.3 Å². The number of nitrogens with one attached hydrogen (secondary N) is 1. The predicted molar refractivity (Wildman–Crippen MR) is 110 cm³/mol. The number of fused-ring (bicyclic) bond motifs is 1. The van der Waals surface area contributed by atoms with E-state index in [0.717, 1.165) is 11.6 Å². The van der Waals surface area contributed by atoms with Crippen molar-refractivity contribution in [1.82, 2.24) is 4.98 Å². The zero-order valence-corrected chi connectivity index (χ0v) is 15.9. The first kappa shape index (κ1) is 19.8. The average Bonchev–Trinajstić information content (AvgIpc) is 2.74. The molecule has 0 bridgehead atoms. The molecule has 1 aliphatic heterocycles. The predicted octanol–water partition coefficient (Wildman–Crippen LogP) is 5.16. The lowest BCUT2D eigenvalue weighted by Crippen LogP contribution is -2.46. The highest BCUT2D eigenvalue weighted by Gasteiger charge is 2.35. The number of hydrogen-bond acceptors (Lipinski definition) is 3. The lowest BCUT2D eigenvalue weighted by atomic mass is 10.1. The number of carbonyl (C=O) groups is 1. The standard InChI is InChI=1S/C22H19F3N4O/c23-22(24,25)17-9-4-5-10-18(17)27-21(30)29-14-13-28(15-16-7-2-1-3-8-16)20-19(29)11-6-12-26-20/h1-12H,13-15H2,(H,27,30). The van der Waals surface area contributed by atoms with Gasteiger partial charge in [-0.2, -0.15) is 13.2 Å². The molecule has 0 fully saturated rings. The zero-order valence-electron chi connectivity index (χ0n) is 15.9. The second-order valence-electron chi connectivity index (χ2n) is 6.88. The van der Waals surface area contributed by atoms with Crippen molar-refractivity contribution in [3.05, 3.63) is 84.1 Å². The summed E-state index contributed by atoms with van der Waals surface area (Å²) < 4.78 is 39.8. The van der Waals surface area contributed by atoms with E-state index in [-0.39, 0.29) is 5.69 Å². The van der Waals surface area contributed by atoms with Crippen LogP contribution < -0.4 is 15.1 Å². The van der Waals surface area contributed by atoms with Gasteiger partial charge in [-0.3, -0.25) is 4.90 Å². The number of urea groups is 1. The lowest BCUT2D eigenvalue weighted by molar-refractivity contribution is -0.136. The Morgan fingerprint density at radius 2 is 1.70 bits per heavy atom. The molecule has 0 radical (unpaired) electrons. The topological polar surface area (TPSA) is 48.5 Å². The number of para-hydroxylation sites is 1. The van der Waals surface area contributed by atoms with E-state index >= 15 is 0 Å². The summed E-state index contributed by atoms with van der Waals surface area (Å²) in [6.07, 6.45) is -2.92. The molecule has 1 aliphatic rings. The second-order valence-corrected chi connectivity index (χ2v) is 6.88. The van der Waals surface area contributed by atoms with Gasteiger partial charge >= 0.3 is 12.2 Å². The van der Waals surface area contributed by atoms with Gasteiger partial charge in [0.25, 0.3) is 0 Å². The van der Waals surface area contributed by atoms with Crippen LogP contribution in [0.5, 0.6) is 0 Å². The largest absolute Gasteiger partial charge is 0.418 e. The maximum Gasteiger partial charge on any atom is 0.418 e. The molecule has 4 rings (SSSR count). The number of anilines is 3. The Kier molecular flexibility index (Phi) is 5.31. The van der Waals surface area contributed by atoms with Crippen LogP contribution in [0.15, 0.2) is 72.9 Å². The Morgan fingerprint density at radius 1 is 0.967 bits per heavy atom. The third kappa shape index (κ3) is 4.07. The van der Waals surface area contributed by atoms with Crippen molar-refractivity contribution in [3.8, 4) is 0 Å². The van der Waals surface area contributed by atoms with Crippen LogP contribution in [0.2, 0.25) is 0 Å².